The summed E-state index contributed by atoms with van der Waals surface area (Å²) in [7, 11) is 0. The molecule has 0 unspecified atom stereocenters. The van der Waals surface area contributed by atoms with Crippen LogP contribution in [0.1, 0.15) is 146 Å². The van der Waals surface area contributed by atoms with Gasteiger partial charge in [0.2, 0.25) is 5.91 Å². The second kappa shape index (κ2) is 21.4. The van der Waals surface area contributed by atoms with Crippen molar-refractivity contribution in [3.8, 4) is 0 Å². The van der Waals surface area contributed by atoms with Gasteiger partial charge in [-0.1, -0.05) is 103 Å². The Morgan fingerprint density at radius 2 is 1.05 bits per heavy atom. The van der Waals surface area contributed by atoms with E-state index in [-0.39, 0.29) is 30.9 Å². The van der Waals surface area contributed by atoms with E-state index < -0.39 is 41.9 Å². The van der Waals surface area contributed by atoms with Gasteiger partial charge in [-0.05, 0) is 36.6 Å². The summed E-state index contributed by atoms with van der Waals surface area (Å²) in [4.78, 5) is 23.8. The normalized spacial score (nSPS) is 12.0. The lowest BCUT2D eigenvalue weighted by molar-refractivity contribution is -0.144. The number of rotatable bonds is 23. The summed E-state index contributed by atoms with van der Waals surface area (Å²) in [6, 6.07) is 1.19. The topological polar surface area (TPSA) is 55.4 Å². The van der Waals surface area contributed by atoms with Crippen LogP contribution in [0.15, 0.2) is 18.2 Å². The molecular formula is C32H49F6NO3. The van der Waals surface area contributed by atoms with Gasteiger partial charge in [0, 0.05) is 19.4 Å². The van der Waals surface area contributed by atoms with E-state index in [4.69, 9.17) is 4.74 Å². The van der Waals surface area contributed by atoms with Crippen LogP contribution >= 0.6 is 0 Å². The number of unbranched alkanes of at least 4 members (excludes halogenated alkanes) is 15. The van der Waals surface area contributed by atoms with Crippen LogP contribution in [0.2, 0.25) is 0 Å². The first kappa shape index (κ1) is 37.8. The van der Waals surface area contributed by atoms with Crippen molar-refractivity contribution >= 4 is 11.9 Å². The highest BCUT2D eigenvalue weighted by Gasteiger charge is 2.36. The number of carbonyl (C=O) groups is 2. The van der Waals surface area contributed by atoms with Crippen LogP contribution in [0.3, 0.4) is 0 Å². The Balaban J connectivity index is 2.04. The van der Waals surface area contributed by atoms with Crippen LogP contribution in [0, 0.1) is 0 Å². The summed E-state index contributed by atoms with van der Waals surface area (Å²) in [5, 5.41) is 2.31. The molecule has 0 aromatic heterocycles. The molecule has 1 aromatic carbocycles. The zero-order valence-electron chi connectivity index (χ0n) is 25.1. The van der Waals surface area contributed by atoms with Crippen molar-refractivity contribution in [1.82, 2.24) is 5.32 Å². The molecule has 1 aromatic rings. The van der Waals surface area contributed by atoms with Gasteiger partial charge in [0.1, 0.15) is 0 Å². The smallest absolute Gasteiger partial charge is 0.416 e. The molecule has 0 bridgehead atoms. The van der Waals surface area contributed by atoms with Crippen LogP contribution < -0.4 is 5.32 Å². The molecule has 1 N–H and O–H groups in total. The molecule has 0 aliphatic rings. The van der Waals surface area contributed by atoms with Gasteiger partial charge in [-0.25, -0.2) is 0 Å². The zero-order chi connectivity index (χ0) is 31.3. The third-order valence-corrected chi connectivity index (χ3v) is 7.18. The van der Waals surface area contributed by atoms with E-state index in [1.807, 2.05) is 0 Å². The lowest BCUT2D eigenvalue weighted by Crippen LogP contribution is -2.23. The molecular weight excluding hydrogens is 560 g/mol. The Morgan fingerprint density at radius 3 is 1.48 bits per heavy atom. The highest BCUT2D eigenvalue weighted by molar-refractivity contribution is 5.77. The second-order valence-corrected chi connectivity index (χ2v) is 11.1. The number of amides is 1. The molecule has 0 aliphatic carbocycles. The highest BCUT2D eigenvalue weighted by Crippen LogP contribution is 2.36. The first-order chi connectivity index (χ1) is 19.9. The number of benzene rings is 1. The summed E-state index contributed by atoms with van der Waals surface area (Å²) in [5.41, 5.74) is -3.19. The van der Waals surface area contributed by atoms with E-state index in [2.05, 4.69) is 12.2 Å². The Bertz CT molecular complexity index is 854. The van der Waals surface area contributed by atoms with E-state index in [1.165, 1.54) is 83.5 Å². The quantitative estimate of drug-likeness (QED) is 0.0763. The Labute approximate surface area is 247 Å². The summed E-state index contributed by atoms with van der Waals surface area (Å²) >= 11 is 0. The highest BCUT2D eigenvalue weighted by atomic mass is 19.4. The fourth-order valence-corrected chi connectivity index (χ4v) is 4.71. The standard InChI is InChI=1S/C32H49F6NO3/c1-2-3-4-5-6-7-8-9-10-11-12-13-14-15-16-17-21-42-30(41)20-18-19-29(40)39-25-26-22-27(31(33,34)35)24-28(23-26)32(36,37)38/h22-24H,2-21,25H2,1H3,(H,39,40). The summed E-state index contributed by atoms with van der Waals surface area (Å²) in [6.45, 7) is 2.07. The number of halogens is 6. The lowest BCUT2D eigenvalue weighted by Gasteiger charge is -2.14. The van der Waals surface area contributed by atoms with Gasteiger partial charge in [0.25, 0.3) is 0 Å². The molecule has 1 amide bonds. The maximum atomic E-state index is 13.0. The molecule has 0 aliphatic heterocycles. The maximum absolute atomic E-state index is 13.0. The second-order valence-electron chi connectivity index (χ2n) is 11.1. The number of alkyl halides is 6. The lowest BCUT2D eigenvalue weighted by atomic mass is 10.0. The van der Waals surface area contributed by atoms with Gasteiger partial charge in [-0.3, -0.25) is 9.59 Å². The molecule has 10 heteroatoms. The average Bonchev–Trinajstić information content (AvgIpc) is 2.92. The average molecular weight is 610 g/mol. The summed E-state index contributed by atoms with van der Waals surface area (Å²) in [6.07, 6.45) is 10.2. The van der Waals surface area contributed by atoms with Crippen molar-refractivity contribution in [3.05, 3.63) is 34.9 Å². The predicted octanol–water partition coefficient (Wildman–Crippen LogP) is 10.3. The van der Waals surface area contributed by atoms with Gasteiger partial charge in [-0.2, -0.15) is 26.3 Å². The van der Waals surface area contributed by atoms with Gasteiger partial charge >= 0.3 is 18.3 Å². The SMILES string of the molecule is CCCCCCCCCCCCCCCCCCOC(=O)CCCC(=O)NCc1cc(C(F)(F)F)cc(C(F)(F)F)c1. The van der Waals surface area contributed by atoms with E-state index in [1.54, 1.807) is 0 Å². The Hall–Kier alpha value is -2.26. The molecule has 0 radical (unpaired) electrons. The number of carbonyl (C=O) groups excluding carboxylic acids is 2. The Morgan fingerprint density at radius 1 is 0.619 bits per heavy atom. The third kappa shape index (κ3) is 19.0. The minimum Gasteiger partial charge on any atom is -0.466 e. The van der Waals surface area contributed by atoms with Crippen molar-refractivity contribution in [2.45, 2.75) is 148 Å². The van der Waals surface area contributed by atoms with Gasteiger partial charge < -0.3 is 10.1 Å². The minimum absolute atomic E-state index is 0.00799. The first-order valence-corrected chi connectivity index (χ1v) is 15.6. The van der Waals surface area contributed by atoms with Gasteiger partial charge in [0.05, 0.1) is 17.7 Å². The zero-order valence-corrected chi connectivity index (χ0v) is 25.1. The number of ether oxygens (including phenoxy) is 1. The molecule has 0 saturated heterocycles. The fourth-order valence-electron chi connectivity index (χ4n) is 4.71. The van der Waals surface area contributed by atoms with Crippen molar-refractivity contribution in [1.29, 1.82) is 0 Å². The molecule has 4 nitrogen and oxygen atoms in total. The van der Waals surface area contributed by atoms with Crippen molar-refractivity contribution in [2.24, 2.45) is 0 Å². The van der Waals surface area contributed by atoms with Crippen LogP contribution in [0.5, 0.6) is 0 Å². The minimum atomic E-state index is -4.95. The van der Waals surface area contributed by atoms with E-state index in [0.717, 1.165) is 19.3 Å². The molecule has 42 heavy (non-hydrogen) atoms. The molecule has 0 spiro atoms. The molecule has 0 heterocycles. The number of esters is 1. The Kier molecular flexibility index (Phi) is 19.3. The maximum Gasteiger partial charge on any atom is 0.416 e. The molecule has 0 saturated carbocycles. The van der Waals surface area contributed by atoms with Gasteiger partial charge in [0.15, 0.2) is 0 Å². The van der Waals surface area contributed by atoms with Gasteiger partial charge in [-0.15, -0.1) is 0 Å². The molecule has 0 atom stereocenters. The summed E-state index contributed by atoms with van der Waals surface area (Å²) in [5.74, 6) is -1.01. The number of nitrogens with one attached hydrogen (secondary N) is 1. The van der Waals surface area contributed by atoms with Crippen molar-refractivity contribution in [2.75, 3.05) is 6.61 Å². The van der Waals surface area contributed by atoms with E-state index >= 15 is 0 Å². The van der Waals surface area contributed by atoms with Crippen LogP contribution in [0.4, 0.5) is 26.3 Å². The van der Waals surface area contributed by atoms with Crippen molar-refractivity contribution in [3.63, 3.8) is 0 Å². The molecule has 1 rings (SSSR count). The summed E-state index contributed by atoms with van der Waals surface area (Å²) < 4.78 is 82.9. The van der Waals surface area contributed by atoms with Crippen LogP contribution in [0.25, 0.3) is 0 Å². The third-order valence-electron chi connectivity index (χ3n) is 7.18. The number of hydrogen-bond acceptors (Lipinski definition) is 3. The largest absolute Gasteiger partial charge is 0.466 e. The van der Waals surface area contributed by atoms with Crippen LogP contribution in [-0.4, -0.2) is 18.5 Å². The number of hydrogen-bond donors (Lipinski definition) is 1. The first-order valence-electron chi connectivity index (χ1n) is 15.6. The fraction of sp³-hybridized carbons (Fsp3) is 0.750. The van der Waals surface area contributed by atoms with E-state index in [9.17, 15) is 35.9 Å². The monoisotopic (exact) mass is 609 g/mol. The molecule has 242 valence electrons. The predicted molar refractivity (Wildman–Crippen MR) is 153 cm³/mol. The molecule has 0 fully saturated rings. The van der Waals surface area contributed by atoms with Crippen molar-refractivity contribution < 1.29 is 40.7 Å². The van der Waals surface area contributed by atoms with Crippen LogP contribution in [-0.2, 0) is 33.2 Å². The van der Waals surface area contributed by atoms with E-state index in [0.29, 0.717) is 18.7 Å².